The van der Waals surface area contributed by atoms with Gasteiger partial charge in [-0.3, -0.25) is 9.59 Å². The Bertz CT molecular complexity index is 986. The van der Waals surface area contributed by atoms with Gasteiger partial charge in [-0.2, -0.15) is 5.10 Å². The zero-order chi connectivity index (χ0) is 22.1. The zero-order valence-electron chi connectivity index (χ0n) is 18.2. The highest BCUT2D eigenvalue weighted by Gasteiger charge is 2.46. The monoisotopic (exact) mass is 439 g/mol. The third-order valence-corrected chi connectivity index (χ3v) is 7.13. The van der Waals surface area contributed by atoms with Crippen molar-refractivity contribution in [3.8, 4) is 5.69 Å². The first-order chi connectivity index (χ1) is 15.6. The largest absolute Gasteiger partial charge is 0.342 e. The van der Waals surface area contributed by atoms with Crippen molar-refractivity contribution in [3.63, 3.8) is 0 Å². The summed E-state index contributed by atoms with van der Waals surface area (Å²) in [4.78, 5) is 27.5. The molecule has 5 rings (SSSR count). The number of piperazine rings is 1. The highest BCUT2D eigenvalue weighted by Crippen LogP contribution is 2.30. The van der Waals surface area contributed by atoms with Gasteiger partial charge >= 0.3 is 0 Å². The number of carbonyl (C=O) groups excluding carboxylic acids is 2. The van der Waals surface area contributed by atoms with Gasteiger partial charge in [0.25, 0.3) is 0 Å². The summed E-state index contributed by atoms with van der Waals surface area (Å²) in [6.07, 6.45) is 10.9. The van der Waals surface area contributed by atoms with Gasteiger partial charge in [-0.25, -0.2) is 9.07 Å². The molecule has 2 amide bonds. The van der Waals surface area contributed by atoms with E-state index < -0.39 is 0 Å². The van der Waals surface area contributed by atoms with Gasteiger partial charge in [0.2, 0.25) is 11.8 Å². The molecule has 0 radical (unpaired) electrons. The van der Waals surface area contributed by atoms with Gasteiger partial charge in [0, 0.05) is 30.9 Å². The van der Waals surface area contributed by atoms with Crippen LogP contribution in [0.2, 0.25) is 0 Å². The van der Waals surface area contributed by atoms with E-state index in [0.717, 1.165) is 24.8 Å². The van der Waals surface area contributed by atoms with Crippen LogP contribution in [0.15, 0.2) is 36.7 Å². The summed E-state index contributed by atoms with van der Waals surface area (Å²) < 4.78 is 15.5. The summed E-state index contributed by atoms with van der Waals surface area (Å²) in [5, 5.41) is 10.7. The Balaban J connectivity index is 1.18. The summed E-state index contributed by atoms with van der Waals surface area (Å²) in [7, 11) is 0. The molecule has 2 aromatic rings. The first kappa shape index (κ1) is 21.1. The fourth-order valence-electron chi connectivity index (χ4n) is 5.40. The number of para-hydroxylation sites is 1. The zero-order valence-corrected chi connectivity index (χ0v) is 18.2. The van der Waals surface area contributed by atoms with E-state index >= 15 is 0 Å². The molecule has 2 saturated heterocycles. The van der Waals surface area contributed by atoms with Crippen LogP contribution in [0.4, 0.5) is 4.39 Å². The van der Waals surface area contributed by atoms with Crippen molar-refractivity contribution in [2.24, 2.45) is 5.92 Å². The SMILES string of the molecule is O=C1N[C@@H](CC2CCCCC2)C(=O)N2C[C@@H](NCc3cnn(-c4ccccc4F)c3)C[C@@H]12. The average molecular weight is 440 g/mol. The lowest BCUT2D eigenvalue weighted by atomic mass is 9.84. The van der Waals surface area contributed by atoms with E-state index in [-0.39, 0.29) is 35.8 Å². The minimum atomic E-state index is -0.385. The van der Waals surface area contributed by atoms with Gasteiger partial charge in [-0.1, -0.05) is 44.2 Å². The van der Waals surface area contributed by atoms with Gasteiger partial charge in [-0.05, 0) is 30.9 Å². The molecule has 0 unspecified atom stereocenters. The molecule has 1 saturated carbocycles. The third kappa shape index (κ3) is 4.28. The highest BCUT2D eigenvalue weighted by atomic mass is 19.1. The number of amides is 2. The summed E-state index contributed by atoms with van der Waals surface area (Å²) in [5.41, 5.74) is 1.33. The number of benzene rings is 1. The predicted molar refractivity (Wildman–Crippen MR) is 117 cm³/mol. The molecule has 8 heteroatoms. The van der Waals surface area contributed by atoms with Crippen LogP contribution in [0.3, 0.4) is 0 Å². The van der Waals surface area contributed by atoms with Crippen molar-refractivity contribution in [1.82, 2.24) is 25.3 Å². The van der Waals surface area contributed by atoms with E-state index in [9.17, 15) is 14.0 Å². The standard InChI is InChI=1S/C24H30FN5O2/c25-19-8-4-5-9-21(19)30-14-17(13-27-30)12-26-18-11-22-23(31)28-20(24(32)29(22)15-18)10-16-6-2-1-3-7-16/h4-5,8-9,13-14,16,18,20,22,26H,1-3,6-7,10-12,15H2,(H,28,31)/t18-,20-,22-/m0/s1. The van der Waals surface area contributed by atoms with Crippen LogP contribution in [0.5, 0.6) is 0 Å². The molecule has 3 fully saturated rings. The Morgan fingerprint density at radius 1 is 1.16 bits per heavy atom. The Morgan fingerprint density at radius 3 is 2.78 bits per heavy atom. The smallest absolute Gasteiger partial charge is 0.245 e. The molecule has 1 aromatic heterocycles. The molecule has 2 N–H and O–H groups in total. The first-order valence-corrected chi connectivity index (χ1v) is 11.7. The van der Waals surface area contributed by atoms with Gasteiger partial charge in [-0.15, -0.1) is 0 Å². The molecule has 3 atom stereocenters. The molecule has 7 nitrogen and oxygen atoms in total. The fraction of sp³-hybridized carbons (Fsp3) is 0.542. The van der Waals surface area contributed by atoms with Crippen LogP contribution in [0, 0.1) is 11.7 Å². The molecular formula is C24H30FN5O2. The fourth-order valence-corrected chi connectivity index (χ4v) is 5.40. The minimum absolute atomic E-state index is 0.0259. The van der Waals surface area contributed by atoms with Crippen LogP contribution in [-0.2, 0) is 16.1 Å². The summed E-state index contributed by atoms with van der Waals surface area (Å²) >= 11 is 0. The van der Waals surface area contributed by atoms with Crippen LogP contribution in [0.1, 0.15) is 50.5 Å². The lowest BCUT2D eigenvalue weighted by Crippen LogP contribution is -2.61. The molecule has 2 aliphatic heterocycles. The van der Waals surface area contributed by atoms with Crippen molar-refractivity contribution in [3.05, 3.63) is 48.0 Å². The number of aromatic nitrogens is 2. The van der Waals surface area contributed by atoms with Gasteiger partial charge in [0.05, 0.1) is 6.20 Å². The van der Waals surface area contributed by atoms with Crippen LogP contribution >= 0.6 is 0 Å². The van der Waals surface area contributed by atoms with E-state index in [1.54, 1.807) is 35.5 Å². The van der Waals surface area contributed by atoms with Gasteiger partial charge < -0.3 is 15.5 Å². The van der Waals surface area contributed by atoms with E-state index in [4.69, 9.17) is 0 Å². The van der Waals surface area contributed by atoms with Crippen LogP contribution in [-0.4, -0.2) is 51.2 Å². The summed E-state index contributed by atoms with van der Waals surface area (Å²) in [5.74, 6) is 0.256. The van der Waals surface area contributed by atoms with Crippen LogP contribution < -0.4 is 10.6 Å². The van der Waals surface area contributed by atoms with Crippen molar-refractivity contribution < 1.29 is 14.0 Å². The maximum Gasteiger partial charge on any atom is 0.245 e. The number of hydrogen-bond donors (Lipinski definition) is 2. The normalized spacial score (nSPS) is 26.3. The number of halogens is 1. The second-order valence-corrected chi connectivity index (χ2v) is 9.37. The molecule has 3 aliphatic rings. The number of fused-ring (bicyclic) bond motifs is 1. The first-order valence-electron chi connectivity index (χ1n) is 11.7. The molecule has 1 aliphatic carbocycles. The van der Waals surface area contributed by atoms with Crippen LogP contribution in [0.25, 0.3) is 5.69 Å². The average Bonchev–Trinajstić information content (AvgIpc) is 3.45. The Kier molecular flexibility index (Phi) is 5.95. The van der Waals surface area contributed by atoms with E-state index in [1.165, 1.54) is 30.0 Å². The van der Waals surface area contributed by atoms with E-state index in [0.29, 0.717) is 31.1 Å². The number of hydrogen-bond acceptors (Lipinski definition) is 4. The molecule has 0 spiro atoms. The topological polar surface area (TPSA) is 79.3 Å². The van der Waals surface area contributed by atoms with Gasteiger partial charge in [0.15, 0.2) is 0 Å². The summed E-state index contributed by atoms with van der Waals surface area (Å²) in [6, 6.07) is 5.80. The number of nitrogens with zero attached hydrogens (tertiary/aromatic N) is 3. The summed E-state index contributed by atoms with van der Waals surface area (Å²) in [6.45, 7) is 1.08. The quantitative estimate of drug-likeness (QED) is 0.725. The Hall–Kier alpha value is -2.74. The predicted octanol–water partition coefficient (Wildman–Crippen LogP) is 2.54. The Morgan fingerprint density at radius 2 is 1.97 bits per heavy atom. The lowest BCUT2D eigenvalue weighted by Gasteiger charge is -2.36. The Labute approximate surface area is 187 Å². The van der Waals surface area contributed by atoms with Crippen molar-refractivity contribution >= 4 is 11.8 Å². The van der Waals surface area contributed by atoms with Crippen molar-refractivity contribution in [2.45, 2.75) is 69.6 Å². The van der Waals surface area contributed by atoms with Gasteiger partial charge in [0.1, 0.15) is 23.6 Å². The molecule has 0 bridgehead atoms. The lowest BCUT2D eigenvalue weighted by molar-refractivity contribution is -0.147. The third-order valence-electron chi connectivity index (χ3n) is 7.13. The van der Waals surface area contributed by atoms with E-state index in [2.05, 4.69) is 15.7 Å². The van der Waals surface area contributed by atoms with Crippen molar-refractivity contribution in [1.29, 1.82) is 0 Å². The number of rotatable bonds is 6. The maximum atomic E-state index is 14.0. The number of nitrogens with one attached hydrogen (secondary N) is 2. The highest BCUT2D eigenvalue weighted by molar-refractivity contribution is 5.97. The molecule has 170 valence electrons. The second-order valence-electron chi connectivity index (χ2n) is 9.37. The molecular weight excluding hydrogens is 409 g/mol. The van der Waals surface area contributed by atoms with Crippen molar-refractivity contribution in [2.75, 3.05) is 6.54 Å². The second kappa shape index (κ2) is 9.02. The number of carbonyl (C=O) groups is 2. The maximum absolute atomic E-state index is 14.0. The molecule has 1 aromatic carbocycles. The molecule has 32 heavy (non-hydrogen) atoms. The van der Waals surface area contributed by atoms with E-state index in [1.807, 2.05) is 0 Å². The molecule has 3 heterocycles. The minimum Gasteiger partial charge on any atom is -0.342 e.